The van der Waals surface area contributed by atoms with Crippen LogP contribution in [0.4, 0.5) is 4.39 Å². The van der Waals surface area contributed by atoms with Crippen LogP contribution in [-0.4, -0.2) is 60.9 Å². The van der Waals surface area contributed by atoms with Crippen LogP contribution < -0.4 is 0 Å². The summed E-state index contributed by atoms with van der Waals surface area (Å²) in [5, 5.41) is 0. The van der Waals surface area contributed by atoms with E-state index in [2.05, 4.69) is 12.1 Å². The third-order valence-corrected chi connectivity index (χ3v) is 6.44. The standard InChI is InChI=1S/C26H25FN2O4/c1-28-14-15-29(26(17-28)32-24(30)10-11-25(31)33-26)13-12-18-8-9-23-21(18)6-3-7-22(23)19-4-2-5-20(27)16-19/h2-8,10-11,16H,9,12-15,17H2,1H3. The number of likely N-dealkylation sites (N-methyl/N-ethyl adjacent to an activating group) is 1. The molecule has 1 spiro atoms. The van der Waals surface area contributed by atoms with Crippen LogP contribution in [0, 0.1) is 5.82 Å². The molecular weight excluding hydrogens is 423 g/mol. The zero-order valence-corrected chi connectivity index (χ0v) is 18.4. The van der Waals surface area contributed by atoms with Gasteiger partial charge in [-0.05, 0) is 59.8 Å². The molecule has 0 N–H and O–H groups in total. The smallest absolute Gasteiger partial charge is 0.335 e. The van der Waals surface area contributed by atoms with Gasteiger partial charge in [-0.25, -0.2) is 18.9 Å². The van der Waals surface area contributed by atoms with Gasteiger partial charge in [0.25, 0.3) is 0 Å². The van der Waals surface area contributed by atoms with Crippen molar-refractivity contribution >= 4 is 17.5 Å². The highest BCUT2D eigenvalue weighted by molar-refractivity contribution is 5.93. The van der Waals surface area contributed by atoms with Gasteiger partial charge in [-0.3, -0.25) is 4.90 Å². The van der Waals surface area contributed by atoms with Crippen LogP contribution in [0.3, 0.4) is 0 Å². The average Bonchev–Trinajstić information content (AvgIpc) is 3.14. The van der Waals surface area contributed by atoms with E-state index in [-0.39, 0.29) is 12.4 Å². The summed E-state index contributed by atoms with van der Waals surface area (Å²) in [6, 6.07) is 12.8. The molecule has 0 atom stereocenters. The van der Waals surface area contributed by atoms with Crippen molar-refractivity contribution in [2.45, 2.75) is 18.8 Å². The van der Waals surface area contributed by atoms with E-state index in [1.54, 1.807) is 12.1 Å². The van der Waals surface area contributed by atoms with Crippen LogP contribution in [0.5, 0.6) is 0 Å². The lowest BCUT2D eigenvalue weighted by molar-refractivity contribution is -0.297. The Hall–Kier alpha value is -3.29. The summed E-state index contributed by atoms with van der Waals surface area (Å²) in [5.41, 5.74) is 5.41. The molecule has 1 aliphatic carbocycles. The van der Waals surface area contributed by atoms with E-state index in [9.17, 15) is 14.0 Å². The first kappa shape index (κ1) is 21.6. The summed E-state index contributed by atoms with van der Waals surface area (Å²) in [4.78, 5) is 28.2. The number of halogens is 1. The third-order valence-electron chi connectivity index (χ3n) is 6.44. The fourth-order valence-corrected chi connectivity index (χ4v) is 4.86. The molecule has 0 aromatic heterocycles. The Labute approximate surface area is 191 Å². The van der Waals surface area contributed by atoms with Crippen LogP contribution in [0.15, 0.2) is 60.7 Å². The Balaban J connectivity index is 1.37. The summed E-state index contributed by atoms with van der Waals surface area (Å²) in [7, 11) is 1.91. The van der Waals surface area contributed by atoms with E-state index in [1.165, 1.54) is 17.2 Å². The number of nitrogens with zero attached hydrogens (tertiary/aromatic N) is 2. The average molecular weight is 448 g/mol. The highest BCUT2D eigenvalue weighted by Gasteiger charge is 2.48. The van der Waals surface area contributed by atoms with Crippen molar-refractivity contribution in [3.05, 3.63) is 77.6 Å². The van der Waals surface area contributed by atoms with Gasteiger partial charge < -0.3 is 9.47 Å². The quantitative estimate of drug-likeness (QED) is 0.669. The monoisotopic (exact) mass is 448 g/mol. The minimum atomic E-state index is -1.43. The molecule has 170 valence electrons. The van der Waals surface area contributed by atoms with E-state index in [1.807, 2.05) is 35.0 Å². The number of hydrogen-bond acceptors (Lipinski definition) is 6. The molecule has 33 heavy (non-hydrogen) atoms. The lowest BCUT2D eigenvalue weighted by Gasteiger charge is -2.46. The summed E-state index contributed by atoms with van der Waals surface area (Å²) >= 11 is 0. The second-order valence-electron chi connectivity index (χ2n) is 8.64. The fraction of sp³-hybridized carbons (Fsp3) is 0.308. The molecule has 1 fully saturated rings. The fourth-order valence-electron chi connectivity index (χ4n) is 4.86. The molecule has 2 heterocycles. The Bertz CT molecular complexity index is 1150. The number of benzene rings is 2. The zero-order valence-electron chi connectivity index (χ0n) is 18.4. The number of piperazine rings is 1. The number of esters is 2. The molecule has 7 heteroatoms. The van der Waals surface area contributed by atoms with Crippen LogP contribution in [-0.2, 0) is 25.5 Å². The van der Waals surface area contributed by atoms with Crippen molar-refractivity contribution in [1.29, 1.82) is 0 Å². The van der Waals surface area contributed by atoms with Gasteiger partial charge in [0.1, 0.15) is 5.82 Å². The van der Waals surface area contributed by atoms with E-state index >= 15 is 0 Å². The van der Waals surface area contributed by atoms with Gasteiger partial charge in [0.15, 0.2) is 0 Å². The number of carbonyl (C=O) groups excluding carboxylic acids is 2. The van der Waals surface area contributed by atoms with Gasteiger partial charge in [-0.2, -0.15) is 0 Å². The van der Waals surface area contributed by atoms with Crippen LogP contribution in [0.1, 0.15) is 17.5 Å². The van der Waals surface area contributed by atoms with Crippen molar-refractivity contribution in [3.63, 3.8) is 0 Å². The molecule has 2 aromatic rings. The summed E-state index contributed by atoms with van der Waals surface area (Å²) in [5.74, 6) is -2.87. The molecule has 0 unspecified atom stereocenters. The summed E-state index contributed by atoms with van der Waals surface area (Å²) in [6.07, 6.45) is 5.89. The molecule has 2 aliphatic heterocycles. The number of rotatable bonds is 4. The van der Waals surface area contributed by atoms with Crippen molar-refractivity contribution < 1.29 is 23.5 Å². The highest BCUT2D eigenvalue weighted by Crippen LogP contribution is 2.37. The Morgan fingerprint density at radius 2 is 1.73 bits per heavy atom. The van der Waals surface area contributed by atoms with Gasteiger partial charge >= 0.3 is 17.8 Å². The number of fused-ring (bicyclic) bond motifs is 1. The van der Waals surface area contributed by atoms with Gasteiger partial charge in [-0.1, -0.05) is 36.4 Å². The SMILES string of the molecule is CN1CCN(CCC2=CCc3c2cccc3-c2cccc(F)c2)C2(C1)OC(=O)C=CC(=O)O2. The van der Waals surface area contributed by atoms with Crippen LogP contribution in [0.2, 0.25) is 0 Å². The van der Waals surface area contributed by atoms with E-state index < -0.39 is 17.8 Å². The molecular formula is C26H25FN2O4. The van der Waals surface area contributed by atoms with Crippen LogP contribution in [0.25, 0.3) is 16.7 Å². The third kappa shape index (κ3) is 4.21. The first-order valence-electron chi connectivity index (χ1n) is 11.1. The molecule has 1 saturated heterocycles. The Morgan fingerprint density at radius 3 is 2.48 bits per heavy atom. The van der Waals surface area contributed by atoms with E-state index in [0.717, 1.165) is 41.8 Å². The molecule has 3 aliphatic rings. The zero-order chi connectivity index (χ0) is 23.0. The predicted octanol–water partition coefficient (Wildman–Crippen LogP) is 3.38. The van der Waals surface area contributed by atoms with E-state index in [0.29, 0.717) is 19.5 Å². The topological polar surface area (TPSA) is 59.1 Å². The molecule has 6 nitrogen and oxygen atoms in total. The second-order valence-corrected chi connectivity index (χ2v) is 8.64. The molecule has 5 rings (SSSR count). The number of allylic oxidation sites excluding steroid dienone is 1. The Morgan fingerprint density at radius 1 is 1.00 bits per heavy atom. The second kappa shape index (κ2) is 8.57. The number of hydrogen-bond donors (Lipinski definition) is 0. The molecule has 0 saturated carbocycles. The maximum absolute atomic E-state index is 13.8. The maximum Gasteiger partial charge on any atom is 0.335 e. The lowest BCUT2D eigenvalue weighted by Crippen LogP contribution is -2.65. The highest BCUT2D eigenvalue weighted by atomic mass is 19.1. The normalized spacial score (nSPS) is 20.2. The molecule has 0 radical (unpaired) electrons. The minimum Gasteiger partial charge on any atom is -0.404 e. The van der Waals surface area contributed by atoms with Crippen molar-refractivity contribution in [2.75, 3.05) is 33.2 Å². The minimum absolute atomic E-state index is 0.251. The van der Waals surface area contributed by atoms with Crippen molar-refractivity contribution in [2.24, 2.45) is 0 Å². The van der Waals surface area contributed by atoms with Gasteiger partial charge in [0.2, 0.25) is 0 Å². The van der Waals surface area contributed by atoms with Crippen molar-refractivity contribution in [3.8, 4) is 11.1 Å². The largest absolute Gasteiger partial charge is 0.404 e. The first-order chi connectivity index (χ1) is 15.9. The summed E-state index contributed by atoms with van der Waals surface area (Å²) in [6.45, 7) is 2.21. The molecule has 0 bridgehead atoms. The molecule has 2 aromatic carbocycles. The van der Waals surface area contributed by atoms with Gasteiger partial charge in [0.05, 0.1) is 6.54 Å². The maximum atomic E-state index is 13.8. The van der Waals surface area contributed by atoms with Crippen molar-refractivity contribution in [1.82, 2.24) is 9.80 Å². The van der Waals surface area contributed by atoms with Gasteiger partial charge in [-0.15, -0.1) is 0 Å². The Kier molecular flexibility index (Phi) is 5.60. The van der Waals surface area contributed by atoms with E-state index in [4.69, 9.17) is 9.47 Å². The number of ether oxygens (including phenoxy) is 2. The predicted molar refractivity (Wildman–Crippen MR) is 121 cm³/mol. The summed E-state index contributed by atoms with van der Waals surface area (Å²) < 4.78 is 25.0. The lowest BCUT2D eigenvalue weighted by atomic mass is 9.94. The van der Waals surface area contributed by atoms with Crippen LogP contribution >= 0.6 is 0 Å². The number of carbonyl (C=O) groups is 2. The molecule has 0 amide bonds. The van der Waals surface area contributed by atoms with Gasteiger partial charge in [0, 0.05) is 31.8 Å². The first-order valence-corrected chi connectivity index (χ1v) is 11.1.